The lowest BCUT2D eigenvalue weighted by atomic mass is 9.54. The maximum atomic E-state index is 13.2. The molecular formula is C22H34N2O4S. The summed E-state index contributed by atoms with van der Waals surface area (Å²) in [6, 6.07) is 0.259. The SMILES string of the molecule is CC(C)Sc1c(OCC(C)(C)CO)noc1C(=O)NC1C2CC3CC(C2)CC1C3. The molecule has 2 N–H and O–H groups in total. The van der Waals surface area contributed by atoms with Gasteiger partial charge >= 0.3 is 0 Å². The van der Waals surface area contributed by atoms with E-state index in [9.17, 15) is 9.90 Å². The summed E-state index contributed by atoms with van der Waals surface area (Å²) in [6.07, 6.45) is 6.42. The fourth-order valence-corrected chi connectivity index (χ4v) is 6.44. The Kier molecular flexibility index (Phi) is 5.90. The summed E-state index contributed by atoms with van der Waals surface area (Å²) in [5.41, 5.74) is -0.387. The van der Waals surface area contributed by atoms with E-state index in [4.69, 9.17) is 9.26 Å². The Morgan fingerprint density at radius 2 is 1.86 bits per heavy atom. The highest BCUT2D eigenvalue weighted by atomic mass is 32.2. The van der Waals surface area contributed by atoms with Gasteiger partial charge in [-0.25, -0.2) is 0 Å². The Labute approximate surface area is 177 Å². The predicted octanol–water partition coefficient (Wildman–Crippen LogP) is 4.13. The molecule has 6 nitrogen and oxygen atoms in total. The molecule has 29 heavy (non-hydrogen) atoms. The van der Waals surface area contributed by atoms with E-state index in [1.165, 1.54) is 43.9 Å². The van der Waals surface area contributed by atoms with Crippen LogP contribution >= 0.6 is 11.8 Å². The number of aromatic nitrogens is 1. The molecule has 0 spiro atoms. The summed E-state index contributed by atoms with van der Waals surface area (Å²) in [7, 11) is 0. The molecule has 4 bridgehead atoms. The number of hydrogen-bond acceptors (Lipinski definition) is 6. The van der Waals surface area contributed by atoms with Gasteiger partial charge in [0.2, 0.25) is 5.76 Å². The lowest BCUT2D eigenvalue weighted by Crippen LogP contribution is -2.55. The maximum absolute atomic E-state index is 13.2. The van der Waals surface area contributed by atoms with Gasteiger partial charge in [0.25, 0.3) is 11.8 Å². The smallest absolute Gasteiger partial charge is 0.291 e. The van der Waals surface area contributed by atoms with Gasteiger partial charge in [-0.05, 0) is 60.9 Å². The Morgan fingerprint density at radius 1 is 1.24 bits per heavy atom. The fourth-order valence-electron chi connectivity index (χ4n) is 5.53. The monoisotopic (exact) mass is 422 g/mol. The molecule has 1 heterocycles. The number of nitrogens with zero attached hydrogens (tertiary/aromatic N) is 1. The molecular weight excluding hydrogens is 388 g/mol. The van der Waals surface area contributed by atoms with Crippen LogP contribution in [0, 0.1) is 29.1 Å². The largest absolute Gasteiger partial charge is 0.474 e. The van der Waals surface area contributed by atoms with Crippen molar-refractivity contribution >= 4 is 17.7 Å². The lowest BCUT2D eigenvalue weighted by Gasteiger charge is -2.54. The van der Waals surface area contributed by atoms with E-state index < -0.39 is 0 Å². The van der Waals surface area contributed by atoms with Gasteiger partial charge in [0.15, 0.2) is 0 Å². The van der Waals surface area contributed by atoms with Crippen molar-refractivity contribution in [3.63, 3.8) is 0 Å². The first-order chi connectivity index (χ1) is 13.8. The number of hydrogen-bond donors (Lipinski definition) is 2. The first kappa shape index (κ1) is 21.0. The van der Waals surface area contributed by atoms with Crippen LogP contribution in [0.5, 0.6) is 5.88 Å². The molecule has 0 radical (unpaired) electrons. The molecule has 0 aromatic carbocycles. The van der Waals surface area contributed by atoms with Gasteiger partial charge in [0, 0.05) is 16.7 Å². The third-order valence-corrected chi connectivity index (χ3v) is 7.80. The van der Waals surface area contributed by atoms with Crippen LogP contribution in [0.15, 0.2) is 9.42 Å². The molecule has 5 rings (SSSR count). The van der Waals surface area contributed by atoms with E-state index in [1.54, 1.807) is 0 Å². The molecule has 1 amide bonds. The standard InChI is InChI=1S/C22H34N2O4S/c1-12(2)29-19-18(28-24-21(19)27-11-22(3,4)10-25)20(26)23-17-15-6-13-5-14(8-15)9-16(17)7-13/h12-17,25H,5-11H2,1-4H3,(H,23,26). The van der Waals surface area contributed by atoms with Crippen molar-refractivity contribution in [1.29, 1.82) is 0 Å². The molecule has 0 aliphatic heterocycles. The maximum Gasteiger partial charge on any atom is 0.291 e. The van der Waals surface area contributed by atoms with Crippen LogP contribution in [0.4, 0.5) is 0 Å². The third kappa shape index (κ3) is 4.46. The minimum absolute atomic E-state index is 0.0112. The number of rotatable bonds is 8. The van der Waals surface area contributed by atoms with Crippen LogP contribution in [-0.2, 0) is 0 Å². The average Bonchev–Trinajstić information content (AvgIpc) is 3.04. The Morgan fingerprint density at radius 3 is 2.41 bits per heavy atom. The zero-order valence-electron chi connectivity index (χ0n) is 17.9. The molecule has 1 aromatic rings. The second kappa shape index (κ2) is 8.14. The highest BCUT2D eigenvalue weighted by Gasteiger charge is 2.49. The van der Waals surface area contributed by atoms with Crippen molar-refractivity contribution in [3.8, 4) is 5.88 Å². The number of ether oxygens (including phenoxy) is 1. The van der Waals surface area contributed by atoms with Crippen molar-refractivity contribution < 1.29 is 19.2 Å². The number of thioether (sulfide) groups is 1. The molecule has 7 heteroatoms. The van der Waals surface area contributed by atoms with E-state index in [0.29, 0.717) is 29.2 Å². The number of amides is 1. The second-order valence-corrected chi connectivity index (χ2v) is 11.9. The minimum atomic E-state index is -0.387. The number of carbonyl (C=O) groups is 1. The first-order valence-corrected chi connectivity index (χ1v) is 11.8. The highest BCUT2D eigenvalue weighted by Crippen LogP contribution is 2.53. The van der Waals surface area contributed by atoms with Crippen LogP contribution in [0.2, 0.25) is 0 Å². The summed E-state index contributed by atoms with van der Waals surface area (Å²) >= 11 is 1.53. The van der Waals surface area contributed by atoms with Crippen LogP contribution < -0.4 is 10.1 Å². The second-order valence-electron chi connectivity index (χ2n) is 10.4. The fraction of sp³-hybridized carbons (Fsp3) is 0.818. The Balaban J connectivity index is 1.49. The van der Waals surface area contributed by atoms with E-state index in [-0.39, 0.29) is 35.0 Å². The number of aliphatic hydroxyl groups is 1. The van der Waals surface area contributed by atoms with Gasteiger partial charge < -0.3 is 19.7 Å². The minimum Gasteiger partial charge on any atom is -0.474 e. The van der Waals surface area contributed by atoms with Gasteiger partial charge in [0.1, 0.15) is 4.90 Å². The van der Waals surface area contributed by atoms with Crippen LogP contribution in [0.25, 0.3) is 0 Å². The molecule has 0 atom stereocenters. The van der Waals surface area contributed by atoms with Crippen LogP contribution in [0.3, 0.4) is 0 Å². The summed E-state index contributed by atoms with van der Waals surface area (Å²) in [4.78, 5) is 13.8. The molecule has 4 fully saturated rings. The highest BCUT2D eigenvalue weighted by molar-refractivity contribution is 8.00. The summed E-state index contributed by atoms with van der Waals surface area (Å²) in [5, 5.41) is 17.1. The predicted molar refractivity (Wildman–Crippen MR) is 112 cm³/mol. The molecule has 0 saturated heterocycles. The molecule has 4 saturated carbocycles. The van der Waals surface area contributed by atoms with Crippen LogP contribution in [-0.4, -0.2) is 40.7 Å². The van der Waals surface area contributed by atoms with Crippen molar-refractivity contribution in [2.45, 2.75) is 76.0 Å². The molecule has 4 aliphatic carbocycles. The summed E-state index contributed by atoms with van der Waals surface area (Å²) < 4.78 is 11.3. The number of aliphatic hydroxyl groups excluding tert-OH is 1. The quantitative estimate of drug-likeness (QED) is 0.613. The molecule has 0 unspecified atom stereocenters. The summed E-state index contributed by atoms with van der Waals surface area (Å²) in [5.74, 6) is 3.40. The van der Waals surface area contributed by atoms with Gasteiger partial charge in [0.05, 0.1) is 13.2 Å². The Bertz CT molecular complexity index is 717. The van der Waals surface area contributed by atoms with E-state index >= 15 is 0 Å². The van der Waals surface area contributed by atoms with Gasteiger partial charge in [-0.2, -0.15) is 0 Å². The molecule has 1 aromatic heterocycles. The number of nitrogens with one attached hydrogen (secondary N) is 1. The number of carbonyl (C=O) groups excluding carboxylic acids is 1. The van der Waals surface area contributed by atoms with Gasteiger partial charge in [-0.1, -0.05) is 27.7 Å². The average molecular weight is 423 g/mol. The molecule has 162 valence electrons. The topological polar surface area (TPSA) is 84.6 Å². The summed E-state index contributed by atoms with van der Waals surface area (Å²) in [6.45, 7) is 8.29. The lowest BCUT2D eigenvalue weighted by molar-refractivity contribution is -0.0124. The van der Waals surface area contributed by atoms with Crippen molar-refractivity contribution in [3.05, 3.63) is 5.76 Å². The van der Waals surface area contributed by atoms with E-state index in [1.807, 2.05) is 13.8 Å². The van der Waals surface area contributed by atoms with Crippen molar-refractivity contribution in [1.82, 2.24) is 10.5 Å². The zero-order valence-corrected chi connectivity index (χ0v) is 18.8. The van der Waals surface area contributed by atoms with Gasteiger partial charge in [-0.15, -0.1) is 11.8 Å². The van der Waals surface area contributed by atoms with Crippen LogP contribution in [0.1, 0.15) is 70.4 Å². The van der Waals surface area contributed by atoms with E-state index in [0.717, 1.165) is 11.8 Å². The Hall–Kier alpha value is -1.21. The van der Waals surface area contributed by atoms with E-state index in [2.05, 4.69) is 24.3 Å². The molecule has 4 aliphatic rings. The zero-order chi connectivity index (χ0) is 20.8. The third-order valence-electron chi connectivity index (χ3n) is 6.73. The van der Waals surface area contributed by atoms with Gasteiger partial charge in [-0.3, -0.25) is 4.79 Å². The normalized spacial score (nSPS) is 30.8. The first-order valence-electron chi connectivity index (χ1n) is 11.0. The van der Waals surface area contributed by atoms with Crippen molar-refractivity contribution in [2.75, 3.05) is 13.2 Å². The van der Waals surface area contributed by atoms with Crippen molar-refractivity contribution in [2.24, 2.45) is 29.1 Å².